The predicted molar refractivity (Wildman–Crippen MR) is 108 cm³/mol. The largest absolute Gasteiger partial charge is 0.368 e. The second-order valence-corrected chi connectivity index (χ2v) is 8.03. The van der Waals surface area contributed by atoms with E-state index < -0.39 is 0 Å². The maximum Gasteiger partial charge on any atom is 0.235 e. The Balaban J connectivity index is 1.33. The third-order valence-electron chi connectivity index (χ3n) is 6.13. The number of carbonyl (C=O) groups excluding carboxylic acids is 1. The van der Waals surface area contributed by atoms with Crippen molar-refractivity contribution in [3.8, 4) is 0 Å². The smallest absolute Gasteiger partial charge is 0.235 e. The Hall–Kier alpha value is -2.17. The summed E-state index contributed by atoms with van der Waals surface area (Å²) in [6, 6.07) is 21.1. The SMILES string of the molecule is NC(=O)C1C2CN(Cc3ccccc3)CC2CN1CCCc1ccccc1. The molecular formula is C23H29N3O. The fourth-order valence-electron chi connectivity index (χ4n) is 4.95. The number of nitrogens with zero attached hydrogens (tertiary/aromatic N) is 2. The second-order valence-electron chi connectivity index (χ2n) is 8.03. The van der Waals surface area contributed by atoms with Crippen molar-refractivity contribution in [3.63, 3.8) is 0 Å². The minimum atomic E-state index is -0.149. The maximum atomic E-state index is 12.2. The number of amides is 1. The summed E-state index contributed by atoms with van der Waals surface area (Å²) in [7, 11) is 0. The van der Waals surface area contributed by atoms with Crippen molar-refractivity contribution in [1.29, 1.82) is 0 Å². The first-order valence-electron chi connectivity index (χ1n) is 10.0. The summed E-state index contributed by atoms with van der Waals surface area (Å²) in [5.41, 5.74) is 8.53. The number of primary amides is 1. The van der Waals surface area contributed by atoms with Gasteiger partial charge in [0.15, 0.2) is 0 Å². The molecule has 0 aromatic heterocycles. The normalized spacial score (nSPS) is 25.6. The zero-order chi connectivity index (χ0) is 18.6. The van der Waals surface area contributed by atoms with Gasteiger partial charge in [-0.15, -0.1) is 0 Å². The molecule has 2 fully saturated rings. The van der Waals surface area contributed by atoms with Gasteiger partial charge >= 0.3 is 0 Å². The van der Waals surface area contributed by atoms with Crippen LogP contribution >= 0.6 is 0 Å². The number of nitrogens with two attached hydrogens (primary N) is 1. The van der Waals surface area contributed by atoms with E-state index in [1.165, 1.54) is 11.1 Å². The van der Waals surface area contributed by atoms with Crippen LogP contribution in [0, 0.1) is 11.8 Å². The first-order valence-corrected chi connectivity index (χ1v) is 10.0. The van der Waals surface area contributed by atoms with Gasteiger partial charge in [-0.3, -0.25) is 14.6 Å². The number of rotatable bonds is 7. The summed E-state index contributed by atoms with van der Waals surface area (Å²) in [4.78, 5) is 17.1. The number of hydrogen-bond acceptors (Lipinski definition) is 3. The Morgan fingerprint density at radius 2 is 1.59 bits per heavy atom. The van der Waals surface area contributed by atoms with Crippen LogP contribution in [0.15, 0.2) is 60.7 Å². The van der Waals surface area contributed by atoms with Gasteiger partial charge < -0.3 is 5.73 Å². The lowest BCUT2D eigenvalue weighted by Crippen LogP contribution is -2.46. The van der Waals surface area contributed by atoms with Crippen molar-refractivity contribution >= 4 is 5.91 Å². The molecule has 4 nitrogen and oxygen atoms in total. The topological polar surface area (TPSA) is 49.6 Å². The van der Waals surface area contributed by atoms with Crippen LogP contribution in [0.25, 0.3) is 0 Å². The lowest BCUT2D eigenvalue weighted by molar-refractivity contribution is -0.123. The molecule has 0 aliphatic carbocycles. The summed E-state index contributed by atoms with van der Waals surface area (Å²) < 4.78 is 0. The summed E-state index contributed by atoms with van der Waals surface area (Å²) in [6.45, 7) is 4.96. The van der Waals surface area contributed by atoms with Gasteiger partial charge in [0.25, 0.3) is 0 Å². The van der Waals surface area contributed by atoms with Gasteiger partial charge in [-0.25, -0.2) is 0 Å². The van der Waals surface area contributed by atoms with Crippen molar-refractivity contribution in [1.82, 2.24) is 9.80 Å². The van der Waals surface area contributed by atoms with Gasteiger partial charge in [-0.05, 0) is 36.4 Å². The number of aryl methyl sites for hydroxylation is 1. The van der Waals surface area contributed by atoms with Crippen molar-refractivity contribution in [2.24, 2.45) is 17.6 Å². The first-order chi connectivity index (χ1) is 13.2. The van der Waals surface area contributed by atoms with E-state index in [0.29, 0.717) is 11.8 Å². The molecule has 142 valence electrons. The van der Waals surface area contributed by atoms with E-state index in [9.17, 15) is 4.79 Å². The van der Waals surface area contributed by atoms with E-state index >= 15 is 0 Å². The van der Waals surface area contributed by atoms with Crippen LogP contribution in [0.1, 0.15) is 17.5 Å². The van der Waals surface area contributed by atoms with Crippen LogP contribution in [0.2, 0.25) is 0 Å². The number of likely N-dealkylation sites (tertiary alicyclic amines) is 2. The molecular weight excluding hydrogens is 334 g/mol. The van der Waals surface area contributed by atoms with Gasteiger partial charge in [0.2, 0.25) is 5.91 Å². The average molecular weight is 364 g/mol. The summed E-state index contributed by atoms with van der Waals surface area (Å²) in [5, 5.41) is 0. The van der Waals surface area contributed by atoms with Crippen molar-refractivity contribution in [2.45, 2.75) is 25.4 Å². The summed E-state index contributed by atoms with van der Waals surface area (Å²) in [5.74, 6) is 0.787. The van der Waals surface area contributed by atoms with E-state index in [1.807, 2.05) is 0 Å². The predicted octanol–water partition coefficient (Wildman–Crippen LogP) is 2.54. The molecule has 27 heavy (non-hydrogen) atoms. The number of benzene rings is 2. The van der Waals surface area contributed by atoms with Gasteiger partial charge in [-0.1, -0.05) is 60.7 Å². The Bertz CT molecular complexity index is 749. The molecule has 2 aromatic carbocycles. The third-order valence-corrected chi connectivity index (χ3v) is 6.13. The molecule has 0 bridgehead atoms. The number of fused-ring (bicyclic) bond motifs is 1. The molecule has 4 rings (SSSR count). The third kappa shape index (κ3) is 4.23. The quantitative estimate of drug-likeness (QED) is 0.822. The van der Waals surface area contributed by atoms with Gasteiger partial charge in [0.05, 0.1) is 6.04 Å². The summed E-state index contributed by atoms with van der Waals surface area (Å²) in [6.07, 6.45) is 2.12. The van der Waals surface area contributed by atoms with Crippen LogP contribution in [-0.2, 0) is 17.8 Å². The Labute approximate surface area is 162 Å². The first kappa shape index (κ1) is 18.2. The van der Waals surface area contributed by atoms with Crippen molar-refractivity contribution in [2.75, 3.05) is 26.2 Å². The minimum absolute atomic E-state index is 0.105. The van der Waals surface area contributed by atoms with E-state index in [0.717, 1.165) is 45.6 Å². The molecule has 0 spiro atoms. The zero-order valence-corrected chi connectivity index (χ0v) is 15.8. The van der Waals surface area contributed by atoms with E-state index in [1.54, 1.807) is 0 Å². The van der Waals surface area contributed by atoms with E-state index in [2.05, 4.69) is 70.5 Å². The second kappa shape index (κ2) is 8.24. The molecule has 4 heteroatoms. The van der Waals surface area contributed by atoms with Crippen LogP contribution < -0.4 is 5.73 Å². The Morgan fingerprint density at radius 3 is 2.26 bits per heavy atom. The molecule has 2 aliphatic rings. The molecule has 1 amide bonds. The molecule has 2 saturated heterocycles. The van der Waals surface area contributed by atoms with Crippen LogP contribution in [0.5, 0.6) is 0 Å². The Morgan fingerprint density at radius 1 is 0.926 bits per heavy atom. The zero-order valence-electron chi connectivity index (χ0n) is 15.8. The van der Waals surface area contributed by atoms with E-state index in [-0.39, 0.29) is 11.9 Å². The highest BCUT2D eigenvalue weighted by Crippen LogP contribution is 2.36. The van der Waals surface area contributed by atoms with Crippen molar-refractivity contribution < 1.29 is 4.79 Å². The van der Waals surface area contributed by atoms with E-state index in [4.69, 9.17) is 5.73 Å². The minimum Gasteiger partial charge on any atom is -0.368 e. The van der Waals surface area contributed by atoms with Gasteiger partial charge in [-0.2, -0.15) is 0 Å². The number of hydrogen-bond donors (Lipinski definition) is 1. The molecule has 0 radical (unpaired) electrons. The monoisotopic (exact) mass is 363 g/mol. The van der Waals surface area contributed by atoms with Crippen molar-refractivity contribution in [3.05, 3.63) is 71.8 Å². The number of carbonyl (C=O) groups is 1. The molecule has 2 N–H and O–H groups in total. The van der Waals surface area contributed by atoms with Crippen LogP contribution in [0.4, 0.5) is 0 Å². The lowest BCUT2D eigenvalue weighted by atomic mass is 9.94. The van der Waals surface area contributed by atoms with Gasteiger partial charge in [0.1, 0.15) is 0 Å². The molecule has 2 aromatic rings. The van der Waals surface area contributed by atoms with Crippen LogP contribution in [0.3, 0.4) is 0 Å². The molecule has 3 unspecified atom stereocenters. The maximum absolute atomic E-state index is 12.2. The lowest BCUT2D eigenvalue weighted by Gasteiger charge is -2.27. The Kier molecular flexibility index (Phi) is 5.55. The molecule has 2 heterocycles. The fourth-order valence-corrected chi connectivity index (χ4v) is 4.95. The van der Waals surface area contributed by atoms with Gasteiger partial charge in [0, 0.05) is 32.1 Å². The average Bonchev–Trinajstić information content (AvgIpc) is 3.20. The standard InChI is InChI=1S/C23H29N3O/c24-23(27)22-21-17-25(14-19-10-5-2-6-11-19)15-20(21)16-26(22)13-7-12-18-8-3-1-4-9-18/h1-6,8-11,20-22H,7,12-17H2,(H2,24,27). The molecule has 0 saturated carbocycles. The highest BCUT2D eigenvalue weighted by atomic mass is 16.1. The summed E-state index contributed by atoms with van der Waals surface area (Å²) >= 11 is 0. The fraction of sp³-hybridized carbons (Fsp3) is 0.435. The van der Waals surface area contributed by atoms with Crippen LogP contribution in [-0.4, -0.2) is 47.9 Å². The highest BCUT2D eigenvalue weighted by Gasteiger charge is 2.48. The molecule has 2 aliphatic heterocycles. The highest BCUT2D eigenvalue weighted by molar-refractivity contribution is 5.80. The molecule has 3 atom stereocenters.